The molecule has 146 valence electrons. The Hall–Kier alpha value is -3.48. The lowest BCUT2D eigenvalue weighted by Gasteiger charge is -2.36. The molecule has 0 radical (unpaired) electrons. The quantitative estimate of drug-likeness (QED) is 0.725. The lowest BCUT2D eigenvalue weighted by atomic mass is 10.1. The molecule has 0 aliphatic carbocycles. The van der Waals surface area contributed by atoms with Gasteiger partial charge in [-0.05, 0) is 56.2 Å². The van der Waals surface area contributed by atoms with E-state index in [0.717, 1.165) is 47.7 Å². The molecule has 3 aromatic rings. The fourth-order valence-electron chi connectivity index (χ4n) is 4.17. The van der Waals surface area contributed by atoms with Gasteiger partial charge in [0.1, 0.15) is 5.82 Å². The molecule has 1 fully saturated rings. The topological polar surface area (TPSA) is 74.2 Å². The van der Waals surface area contributed by atoms with E-state index in [4.69, 9.17) is 4.98 Å². The molecule has 3 aromatic heterocycles. The van der Waals surface area contributed by atoms with E-state index < -0.39 is 0 Å². The van der Waals surface area contributed by atoms with Crippen LogP contribution in [0.3, 0.4) is 0 Å². The van der Waals surface area contributed by atoms with Crippen molar-refractivity contribution in [1.82, 2.24) is 15.0 Å². The van der Waals surface area contributed by atoms with Gasteiger partial charge in [-0.25, -0.2) is 14.8 Å². The number of aromatic nitrogens is 3. The Morgan fingerprint density at radius 1 is 1.17 bits per heavy atom. The monoisotopic (exact) mass is 386 g/mol. The summed E-state index contributed by atoms with van der Waals surface area (Å²) in [6, 6.07) is 11.5. The first-order valence-corrected chi connectivity index (χ1v) is 9.81. The summed E-state index contributed by atoms with van der Waals surface area (Å²) in [6.07, 6.45) is 4.42. The van der Waals surface area contributed by atoms with Crippen LogP contribution in [-0.4, -0.2) is 40.1 Å². The Bertz CT molecular complexity index is 1070. The Morgan fingerprint density at radius 3 is 2.83 bits per heavy atom. The fraction of sp³-hybridized carbons (Fsp3) is 0.273. The van der Waals surface area contributed by atoms with Gasteiger partial charge in [0.05, 0.1) is 17.4 Å². The van der Waals surface area contributed by atoms with Crippen molar-refractivity contribution in [1.29, 1.82) is 0 Å². The fourth-order valence-corrected chi connectivity index (χ4v) is 4.17. The van der Waals surface area contributed by atoms with Gasteiger partial charge in [-0.3, -0.25) is 15.2 Å². The molecule has 0 spiro atoms. The van der Waals surface area contributed by atoms with E-state index in [1.165, 1.54) is 0 Å². The van der Waals surface area contributed by atoms with Gasteiger partial charge in [0.2, 0.25) is 0 Å². The minimum atomic E-state index is -0.192. The van der Waals surface area contributed by atoms with Gasteiger partial charge in [-0.2, -0.15) is 0 Å². The highest BCUT2D eigenvalue weighted by atomic mass is 16.2. The number of urea groups is 1. The molecule has 0 unspecified atom stereocenters. The average molecular weight is 386 g/mol. The number of anilines is 3. The number of amides is 2. The summed E-state index contributed by atoms with van der Waals surface area (Å²) in [7, 11) is 0. The number of hydrogen-bond acceptors (Lipinski definition) is 5. The van der Waals surface area contributed by atoms with E-state index in [1.807, 2.05) is 42.3 Å². The molecule has 2 aliphatic rings. The molecule has 29 heavy (non-hydrogen) atoms. The van der Waals surface area contributed by atoms with E-state index in [1.54, 1.807) is 12.3 Å². The van der Waals surface area contributed by atoms with E-state index in [2.05, 4.69) is 33.2 Å². The van der Waals surface area contributed by atoms with Gasteiger partial charge >= 0.3 is 6.03 Å². The van der Waals surface area contributed by atoms with E-state index in [9.17, 15) is 4.79 Å². The number of hydrogen-bond donors (Lipinski definition) is 1. The third-order valence-electron chi connectivity index (χ3n) is 5.56. The predicted octanol–water partition coefficient (Wildman–Crippen LogP) is 3.79. The zero-order valence-electron chi connectivity index (χ0n) is 16.5. The van der Waals surface area contributed by atoms with Crippen LogP contribution in [0.25, 0.3) is 11.3 Å². The summed E-state index contributed by atoms with van der Waals surface area (Å²) in [5.74, 6) is 1.25. The molecule has 7 nitrogen and oxygen atoms in total. The highest BCUT2D eigenvalue weighted by Crippen LogP contribution is 2.42. The molecule has 1 N–H and O–H groups in total. The van der Waals surface area contributed by atoms with Crippen LogP contribution in [0.4, 0.5) is 22.1 Å². The van der Waals surface area contributed by atoms with Gasteiger partial charge in [0.25, 0.3) is 0 Å². The summed E-state index contributed by atoms with van der Waals surface area (Å²) < 4.78 is 0. The van der Waals surface area contributed by atoms with Crippen molar-refractivity contribution >= 4 is 23.4 Å². The number of pyridine rings is 3. The molecular formula is C22H22N6O. The van der Waals surface area contributed by atoms with Crippen molar-refractivity contribution in [2.45, 2.75) is 26.3 Å². The average Bonchev–Trinajstić information content (AvgIpc) is 3.12. The highest BCUT2D eigenvalue weighted by molar-refractivity contribution is 6.04. The number of fused-ring (bicyclic) bond motifs is 4. The van der Waals surface area contributed by atoms with Crippen molar-refractivity contribution in [2.24, 2.45) is 0 Å². The SMILES string of the molecule is Cc1ccc(-c2cc(C)c3c(n2)N(C(=O)Nc2ccccn2)[C@H]2CCN3C2)cn1. The van der Waals surface area contributed by atoms with Gasteiger partial charge in [-0.15, -0.1) is 0 Å². The van der Waals surface area contributed by atoms with Crippen LogP contribution in [0.15, 0.2) is 48.8 Å². The third-order valence-corrected chi connectivity index (χ3v) is 5.56. The molecule has 2 bridgehead atoms. The molecule has 2 aliphatic heterocycles. The summed E-state index contributed by atoms with van der Waals surface area (Å²) >= 11 is 0. The van der Waals surface area contributed by atoms with Crippen LogP contribution >= 0.6 is 0 Å². The van der Waals surface area contributed by atoms with Gasteiger partial charge in [-0.1, -0.05) is 6.07 Å². The maximum Gasteiger partial charge on any atom is 0.329 e. The van der Waals surface area contributed by atoms with Crippen LogP contribution in [-0.2, 0) is 0 Å². The van der Waals surface area contributed by atoms with Crippen molar-refractivity contribution < 1.29 is 4.79 Å². The second-order valence-corrected chi connectivity index (χ2v) is 7.59. The minimum absolute atomic E-state index is 0.101. The normalized spacial score (nSPS) is 17.2. The standard InChI is InChI=1S/C22H22N6O/c1-14-11-18(16-7-6-15(2)24-12-16)25-21-20(14)27-10-8-17(13-27)28(21)22(29)26-19-5-3-4-9-23-19/h3-7,9,11-12,17H,8,10,13H2,1-2H3,(H,23,26,29)/t17-/m0/s1. The third kappa shape index (κ3) is 3.08. The second-order valence-electron chi connectivity index (χ2n) is 7.59. The maximum atomic E-state index is 13.2. The number of carbonyl (C=O) groups excluding carboxylic acids is 1. The summed E-state index contributed by atoms with van der Waals surface area (Å²) in [4.78, 5) is 30.9. The first-order valence-electron chi connectivity index (χ1n) is 9.81. The molecule has 2 amide bonds. The van der Waals surface area contributed by atoms with Crippen LogP contribution in [0.1, 0.15) is 17.7 Å². The maximum absolute atomic E-state index is 13.2. The van der Waals surface area contributed by atoms with Crippen LogP contribution in [0.5, 0.6) is 0 Å². The molecule has 1 atom stereocenters. The van der Waals surface area contributed by atoms with Crippen LogP contribution in [0.2, 0.25) is 0 Å². The van der Waals surface area contributed by atoms with E-state index in [0.29, 0.717) is 11.6 Å². The summed E-state index contributed by atoms with van der Waals surface area (Å²) in [6.45, 7) is 5.80. The van der Waals surface area contributed by atoms with E-state index in [-0.39, 0.29) is 12.1 Å². The van der Waals surface area contributed by atoms with Crippen molar-refractivity contribution in [3.8, 4) is 11.3 Å². The first kappa shape index (κ1) is 17.6. The van der Waals surface area contributed by atoms with Crippen molar-refractivity contribution in [2.75, 3.05) is 28.2 Å². The smallest absolute Gasteiger partial charge is 0.329 e. The Kier molecular flexibility index (Phi) is 4.16. The summed E-state index contributed by atoms with van der Waals surface area (Å²) in [5.41, 5.74) is 4.88. The zero-order chi connectivity index (χ0) is 20.0. The lowest BCUT2D eigenvalue weighted by Crippen LogP contribution is -2.48. The number of nitrogens with one attached hydrogen (secondary N) is 1. The van der Waals surface area contributed by atoms with E-state index >= 15 is 0 Å². The van der Waals surface area contributed by atoms with Crippen LogP contribution < -0.4 is 15.1 Å². The number of nitrogens with zero attached hydrogens (tertiary/aromatic N) is 5. The number of carbonyl (C=O) groups is 1. The molecule has 7 heteroatoms. The highest BCUT2D eigenvalue weighted by Gasteiger charge is 2.41. The molecule has 1 saturated heterocycles. The molecule has 5 rings (SSSR count). The minimum Gasteiger partial charge on any atom is -0.366 e. The molecule has 0 aromatic carbocycles. The number of aryl methyl sites for hydroxylation is 2. The lowest BCUT2D eigenvalue weighted by molar-refractivity contribution is 0.254. The van der Waals surface area contributed by atoms with Gasteiger partial charge < -0.3 is 4.90 Å². The molecule has 0 saturated carbocycles. The molecular weight excluding hydrogens is 364 g/mol. The summed E-state index contributed by atoms with van der Waals surface area (Å²) in [5, 5.41) is 2.93. The van der Waals surface area contributed by atoms with Gasteiger partial charge in [0.15, 0.2) is 5.82 Å². The van der Waals surface area contributed by atoms with Crippen LogP contribution in [0, 0.1) is 13.8 Å². The molecule has 5 heterocycles. The van der Waals surface area contributed by atoms with Crippen molar-refractivity contribution in [3.05, 3.63) is 60.0 Å². The zero-order valence-corrected chi connectivity index (χ0v) is 16.5. The largest absolute Gasteiger partial charge is 0.366 e. The Labute approximate surface area is 169 Å². The Balaban J connectivity index is 1.58. The Morgan fingerprint density at radius 2 is 2.07 bits per heavy atom. The number of rotatable bonds is 2. The van der Waals surface area contributed by atoms with Crippen molar-refractivity contribution in [3.63, 3.8) is 0 Å². The first-order chi connectivity index (χ1) is 14.1. The predicted molar refractivity (Wildman–Crippen MR) is 113 cm³/mol. The second kappa shape index (κ2) is 6.84. The van der Waals surface area contributed by atoms with Gasteiger partial charge in [0, 0.05) is 36.7 Å².